The van der Waals surface area contributed by atoms with Gasteiger partial charge in [-0.1, -0.05) is 17.7 Å². The van der Waals surface area contributed by atoms with Crippen LogP contribution in [0.3, 0.4) is 0 Å². The van der Waals surface area contributed by atoms with Crippen LogP contribution in [0.5, 0.6) is 0 Å². The molecule has 0 saturated heterocycles. The smallest absolute Gasteiger partial charge is 0.0582 e. The summed E-state index contributed by atoms with van der Waals surface area (Å²) in [5.74, 6) is 0. The summed E-state index contributed by atoms with van der Waals surface area (Å²) in [4.78, 5) is 0. The summed E-state index contributed by atoms with van der Waals surface area (Å²) in [6.45, 7) is 0. The fourth-order valence-corrected chi connectivity index (χ4v) is 2.46. The van der Waals surface area contributed by atoms with Crippen LogP contribution in [0.4, 0.5) is 0 Å². The molecule has 2 N–H and O–H groups in total. The quantitative estimate of drug-likeness (QED) is 0.763. The van der Waals surface area contributed by atoms with Crippen molar-refractivity contribution >= 4 is 27.5 Å². The first-order valence-electron chi connectivity index (χ1n) is 4.40. The second-order valence-corrected chi connectivity index (χ2v) is 4.73. The molecule has 1 atom stereocenters. The van der Waals surface area contributed by atoms with E-state index < -0.39 is 0 Å². The van der Waals surface area contributed by atoms with Gasteiger partial charge in [0.2, 0.25) is 0 Å². The third kappa shape index (κ3) is 1.76. The zero-order chi connectivity index (χ0) is 9.42. The third-order valence-corrected chi connectivity index (χ3v) is 3.86. The van der Waals surface area contributed by atoms with Crippen molar-refractivity contribution in [2.45, 2.75) is 25.3 Å². The number of hydrogen-bond acceptors (Lipinski definition) is 1. The van der Waals surface area contributed by atoms with Crippen LogP contribution < -0.4 is 5.73 Å². The van der Waals surface area contributed by atoms with Gasteiger partial charge in [0.1, 0.15) is 0 Å². The number of hydrogen-bond donors (Lipinski definition) is 1. The largest absolute Gasteiger partial charge is 0.327 e. The SMILES string of the molecule is N[C@@H]1CCc2c(ccc(Br)c2Cl)C1. The van der Waals surface area contributed by atoms with E-state index in [0.29, 0.717) is 6.04 Å². The third-order valence-electron chi connectivity index (χ3n) is 2.54. The molecule has 1 aromatic rings. The van der Waals surface area contributed by atoms with Crippen molar-refractivity contribution in [3.8, 4) is 0 Å². The average molecular weight is 261 g/mol. The summed E-state index contributed by atoms with van der Waals surface area (Å²) in [6.07, 6.45) is 3.01. The van der Waals surface area contributed by atoms with Crippen LogP contribution >= 0.6 is 27.5 Å². The standard InChI is InChI=1S/C10H11BrClN/c11-9-4-1-6-5-7(13)2-3-8(6)10(9)12/h1,4,7H,2-3,5,13H2/t7-/m1/s1. The summed E-state index contributed by atoms with van der Waals surface area (Å²) in [5.41, 5.74) is 8.47. The minimum atomic E-state index is 0.310. The second kappa shape index (κ2) is 3.60. The highest BCUT2D eigenvalue weighted by Crippen LogP contribution is 2.33. The summed E-state index contributed by atoms with van der Waals surface area (Å²) in [5, 5.41) is 0.865. The first-order chi connectivity index (χ1) is 6.18. The van der Waals surface area contributed by atoms with Gasteiger partial charge in [-0.3, -0.25) is 0 Å². The lowest BCUT2D eigenvalue weighted by Gasteiger charge is -2.22. The molecule has 0 aliphatic heterocycles. The molecule has 0 unspecified atom stereocenters. The molecule has 0 spiro atoms. The van der Waals surface area contributed by atoms with Crippen molar-refractivity contribution in [2.75, 3.05) is 0 Å². The fourth-order valence-electron chi connectivity index (χ4n) is 1.81. The van der Waals surface area contributed by atoms with Gasteiger partial charge in [-0.25, -0.2) is 0 Å². The maximum atomic E-state index is 6.17. The molecule has 1 aromatic carbocycles. The maximum Gasteiger partial charge on any atom is 0.0582 e. The van der Waals surface area contributed by atoms with Crippen LogP contribution in [0.15, 0.2) is 16.6 Å². The van der Waals surface area contributed by atoms with Crippen LogP contribution in [0.2, 0.25) is 5.02 Å². The highest BCUT2D eigenvalue weighted by molar-refractivity contribution is 9.10. The van der Waals surface area contributed by atoms with Gasteiger partial charge in [0.25, 0.3) is 0 Å². The van der Waals surface area contributed by atoms with Crippen LogP contribution in [0, 0.1) is 0 Å². The molecule has 1 aliphatic rings. The lowest BCUT2D eigenvalue weighted by molar-refractivity contribution is 0.576. The van der Waals surface area contributed by atoms with Gasteiger partial charge in [0.15, 0.2) is 0 Å². The molecule has 2 rings (SSSR count). The van der Waals surface area contributed by atoms with Crippen molar-refractivity contribution in [1.82, 2.24) is 0 Å². The van der Waals surface area contributed by atoms with Crippen LogP contribution in [0.1, 0.15) is 17.5 Å². The Bertz CT molecular complexity index is 338. The fraction of sp³-hybridized carbons (Fsp3) is 0.400. The number of rotatable bonds is 0. The zero-order valence-corrected chi connectivity index (χ0v) is 9.53. The number of benzene rings is 1. The first kappa shape index (κ1) is 9.50. The molecule has 1 nitrogen and oxygen atoms in total. The Hall–Kier alpha value is -0.0500. The molecule has 0 amide bonds. The summed E-state index contributed by atoms with van der Waals surface area (Å²) < 4.78 is 0.989. The number of halogens is 2. The van der Waals surface area contributed by atoms with E-state index in [2.05, 4.69) is 22.0 Å². The molecule has 0 fully saturated rings. The number of fused-ring (bicyclic) bond motifs is 1. The molecule has 13 heavy (non-hydrogen) atoms. The van der Waals surface area contributed by atoms with E-state index in [-0.39, 0.29) is 0 Å². The van der Waals surface area contributed by atoms with Gasteiger partial charge >= 0.3 is 0 Å². The molecule has 1 aliphatic carbocycles. The Morgan fingerprint density at radius 3 is 3.00 bits per heavy atom. The molecule has 0 aromatic heterocycles. The Morgan fingerprint density at radius 2 is 2.23 bits per heavy atom. The highest BCUT2D eigenvalue weighted by Gasteiger charge is 2.18. The second-order valence-electron chi connectivity index (χ2n) is 3.50. The van der Waals surface area contributed by atoms with Gasteiger partial charge in [0.05, 0.1) is 5.02 Å². The Balaban J connectivity index is 2.47. The molecule has 70 valence electrons. The topological polar surface area (TPSA) is 26.0 Å². The predicted octanol–water partition coefficient (Wildman–Crippen LogP) is 2.92. The first-order valence-corrected chi connectivity index (χ1v) is 5.57. The van der Waals surface area contributed by atoms with Crippen LogP contribution in [0.25, 0.3) is 0 Å². The zero-order valence-electron chi connectivity index (χ0n) is 7.19. The Labute approximate surface area is 91.4 Å². The van der Waals surface area contributed by atoms with E-state index in [0.717, 1.165) is 28.8 Å². The minimum Gasteiger partial charge on any atom is -0.327 e. The van der Waals surface area contributed by atoms with E-state index in [4.69, 9.17) is 17.3 Å². The van der Waals surface area contributed by atoms with E-state index >= 15 is 0 Å². The lowest BCUT2D eigenvalue weighted by Crippen LogP contribution is -2.27. The predicted molar refractivity (Wildman–Crippen MR) is 59.2 cm³/mol. The minimum absolute atomic E-state index is 0.310. The highest BCUT2D eigenvalue weighted by atomic mass is 79.9. The molecule has 3 heteroatoms. The summed E-state index contributed by atoms with van der Waals surface area (Å²) >= 11 is 9.60. The van der Waals surface area contributed by atoms with Crippen molar-refractivity contribution in [3.05, 3.63) is 32.8 Å². The molecule has 0 saturated carbocycles. The molecule has 0 radical (unpaired) electrons. The van der Waals surface area contributed by atoms with Crippen molar-refractivity contribution in [3.63, 3.8) is 0 Å². The summed E-state index contributed by atoms with van der Waals surface area (Å²) in [7, 11) is 0. The monoisotopic (exact) mass is 259 g/mol. The molecular weight excluding hydrogens is 249 g/mol. The van der Waals surface area contributed by atoms with Gasteiger partial charge in [0, 0.05) is 10.5 Å². The normalized spacial score (nSPS) is 21.3. The van der Waals surface area contributed by atoms with Gasteiger partial charge in [-0.05, 0) is 52.4 Å². The Morgan fingerprint density at radius 1 is 1.46 bits per heavy atom. The average Bonchev–Trinajstić information content (AvgIpc) is 2.12. The van der Waals surface area contributed by atoms with E-state index in [9.17, 15) is 0 Å². The van der Waals surface area contributed by atoms with Crippen molar-refractivity contribution < 1.29 is 0 Å². The van der Waals surface area contributed by atoms with E-state index in [1.165, 1.54) is 11.1 Å². The summed E-state index contributed by atoms with van der Waals surface area (Å²) in [6, 6.07) is 4.42. The number of nitrogens with two attached hydrogens (primary N) is 1. The van der Waals surface area contributed by atoms with E-state index in [1.54, 1.807) is 0 Å². The van der Waals surface area contributed by atoms with Gasteiger partial charge < -0.3 is 5.73 Å². The van der Waals surface area contributed by atoms with E-state index in [1.807, 2.05) is 6.07 Å². The van der Waals surface area contributed by atoms with Crippen molar-refractivity contribution in [1.29, 1.82) is 0 Å². The van der Waals surface area contributed by atoms with Crippen LogP contribution in [-0.4, -0.2) is 6.04 Å². The van der Waals surface area contributed by atoms with Gasteiger partial charge in [-0.15, -0.1) is 0 Å². The maximum absolute atomic E-state index is 6.17. The molecule has 0 heterocycles. The van der Waals surface area contributed by atoms with Crippen molar-refractivity contribution in [2.24, 2.45) is 5.73 Å². The molecule has 0 bridgehead atoms. The van der Waals surface area contributed by atoms with Gasteiger partial charge in [-0.2, -0.15) is 0 Å². The Kier molecular flexibility index (Phi) is 2.63. The lowest BCUT2D eigenvalue weighted by atomic mass is 9.89. The molecular formula is C10H11BrClN. The van der Waals surface area contributed by atoms with Crippen LogP contribution in [-0.2, 0) is 12.8 Å².